The summed E-state index contributed by atoms with van der Waals surface area (Å²) < 4.78 is 11.5. The van der Waals surface area contributed by atoms with Crippen LogP contribution in [0.15, 0.2) is 65.1 Å². The average molecular weight is 482 g/mol. The van der Waals surface area contributed by atoms with E-state index in [1.54, 1.807) is 24.3 Å². The zero-order valence-electron chi connectivity index (χ0n) is 19.6. The van der Waals surface area contributed by atoms with Gasteiger partial charge in [0.1, 0.15) is 5.52 Å². The molecule has 0 spiro atoms. The maximum Gasteiger partial charge on any atom is 0.261 e. The highest BCUT2D eigenvalue weighted by Gasteiger charge is 2.38. The SMILES string of the molecule is Cc1ccc(-c2nc3ccc(NC(=O)c4ccc5c(c4)C(=O)N(CC4CCCO4)C5=O)cc3o2)cc1. The highest BCUT2D eigenvalue weighted by Crippen LogP contribution is 2.28. The van der Waals surface area contributed by atoms with Crippen molar-refractivity contribution >= 4 is 34.5 Å². The summed E-state index contributed by atoms with van der Waals surface area (Å²) in [4.78, 5) is 44.4. The van der Waals surface area contributed by atoms with Crippen molar-refractivity contribution in [3.63, 3.8) is 0 Å². The summed E-state index contributed by atoms with van der Waals surface area (Å²) in [5.74, 6) is -0.638. The van der Waals surface area contributed by atoms with Gasteiger partial charge in [-0.2, -0.15) is 0 Å². The van der Waals surface area contributed by atoms with Crippen molar-refractivity contribution in [2.24, 2.45) is 0 Å². The smallest absolute Gasteiger partial charge is 0.261 e. The number of oxazole rings is 1. The zero-order chi connectivity index (χ0) is 24.8. The number of rotatable bonds is 5. The van der Waals surface area contributed by atoms with Gasteiger partial charge in [0.05, 0.1) is 23.8 Å². The first-order valence-electron chi connectivity index (χ1n) is 11.9. The molecule has 8 heteroatoms. The van der Waals surface area contributed by atoms with E-state index in [4.69, 9.17) is 9.15 Å². The standard InChI is InChI=1S/C28H23N3O5/c1-16-4-6-17(7-5-16)26-30-23-11-9-19(14-24(23)36-26)29-25(32)18-8-10-21-22(13-18)28(34)31(27(21)33)15-20-3-2-12-35-20/h4-11,13-14,20H,2-3,12,15H2,1H3,(H,29,32). The summed E-state index contributed by atoms with van der Waals surface area (Å²) in [5, 5.41) is 2.84. The fourth-order valence-corrected chi connectivity index (χ4v) is 4.61. The van der Waals surface area contributed by atoms with Gasteiger partial charge in [-0.05, 0) is 62.2 Å². The number of carbonyl (C=O) groups excluding carboxylic acids is 3. The maximum absolute atomic E-state index is 13.0. The van der Waals surface area contributed by atoms with Crippen molar-refractivity contribution in [3.8, 4) is 11.5 Å². The number of nitrogens with zero attached hydrogens (tertiary/aromatic N) is 2. The number of benzene rings is 3. The molecule has 0 bridgehead atoms. The number of anilines is 1. The number of hydrogen-bond donors (Lipinski definition) is 1. The second-order valence-electron chi connectivity index (χ2n) is 9.14. The van der Waals surface area contributed by atoms with Crippen LogP contribution in [0.1, 0.15) is 49.5 Å². The summed E-state index contributed by atoms with van der Waals surface area (Å²) in [6.45, 7) is 2.89. The molecule has 2 aliphatic heterocycles. The van der Waals surface area contributed by atoms with Crippen LogP contribution < -0.4 is 5.32 Å². The Morgan fingerprint density at radius 2 is 1.83 bits per heavy atom. The molecule has 3 aromatic carbocycles. The molecule has 1 fully saturated rings. The van der Waals surface area contributed by atoms with Gasteiger partial charge in [0.25, 0.3) is 17.7 Å². The Balaban J connectivity index is 1.20. The minimum Gasteiger partial charge on any atom is -0.436 e. The van der Waals surface area contributed by atoms with E-state index in [-0.39, 0.29) is 29.7 Å². The lowest BCUT2D eigenvalue weighted by atomic mass is 10.1. The fraction of sp³-hybridized carbons (Fsp3) is 0.214. The van der Waals surface area contributed by atoms with Crippen LogP contribution in [0.3, 0.4) is 0 Å². The molecule has 1 saturated heterocycles. The van der Waals surface area contributed by atoms with E-state index in [9.17, 15) is 14.4 Å². The lowest BCUT2D eigenvalue weighted by Gasteiger charge is -2.17. The Hall–Kier alpha value is -4.30. The number of ether oxygens (including phenoxy) is 1. The third kappa shape index (κ3) is 3.95. The molecule has 1 atom stereocenters. The van der Waals surface area contributed by atoms with Crippen molar-refractivity contribution in [1.29, 1.82) is 0 Å². The summed E-state index contributed by atoms with van der Waals surface area (Å²) in [5.41, 5.74) is 4.59. The molecule has 0 radical (unpaired) electrons. The normalized spacial score (nSPS) is 17.1. The predicted octanol–water partition coefficient (Wildman–Crippen LogP) is 4.83. The van der Waals surface area contributed by atoms with Crippen molar-refractivity contribution in [2.75, 3.05) is 18.5 Å². The van der Waals surface area contributed by atoms with Gasteiger partial charge in [-0.15, -0.1) is 0 Å². The van der Waals surface area contributed by atoms with E-state index in [1.165, 1.54) is 17.0 Å². The highest BCUT2D eigenvalue weighted by molar-refractivity contribution is 6.22. The number of nitrogens with one attached hydrogen (secondary N) is 1. The van der Waals surface area contributed by atoms with Crippen molar-refractivity contribution in [2.45, 2.75) is 25.9 Å². The van der Waals surface area contributed by atoms with Crippen molar-refractivity contribution in [1.82, 2.24) is 9.88 Å². The molecular formula is C28H23N3O5. The first kappa shape index (κ1) is 22.2. The lowest BCUT2D eigenvalue weighted by molar-refractivity contribution is 0.0475. The molecule has 36 heavy (non-hydrogen) atoms. The van der Waals surface area contributed by atoms with Crippen LogP contribution in [0, 0.1) is 6.92 Å². The van der Waals surface area contributed by atoms with E-state index in [0.717, 1.165) is 24.0 Å². The number of fused-ring (bicyclic) bond motifs is 2. The topological polar surface area (TPSA) is 102 Å². The molecule has 6 rings (SSSR count). The molecule has 3 heterocycles. The molecule has 4 aromatic rings. The minimum absolute atomic E-state index is 0.132. The second kappa shape index (κ2) is 8.73. The molecule has 0 saturated carbocycles. The van der Waals surface area contributed by atoms with Crippen LogP contribution in [0.4, 0.5) is 5.69 Å². The largest absolute Gasteiger partial charge is 0.436 e. The average Bonchev–Trinajstić information content (AvgIpc) is 3.60. The molecule has 1 unspecified atom stereocenters. The monoisotopic (exact) mass is 481 g/mol. The third-order valence-corrected chi connectivity index (χ3v) is 6.59. The number of amides is 3. The molecule has 1 aromatic heterocycles. The fourth-order valence-electron chi connectivity index (χ4n) is 4.61. The highest BCUT2D eigenvalue weighted by atomic mass is 16.5. The molecule has 8 nitrogen and oxygen atoms in total. The van der Waals surface area contributed by atoms with E-state index in [1.807, 2.05) is 31.2 Å². The first-order chi connectivity index (χ1) is 17.5. The van der Waals surface area contributed by atoms with Crippen LogP contribution >= 0.6 is 0 Å². The number of aryl methyl sites for hydroxylation is 1. The quantitative estimate of drug-likeness (QED) is 0.410. The maximum atomic E-state index is 13.0. The number of hydrogen-bond acceptors (Lipinski definition) is 6. The van der Waals surface area contributed by atoms with Gasteiger partial charge in [-0.1, -0.05) is 17.7 Å². The molecule has 1 N–H and O–H groups in total. The van der Waals surface area contributed by atoms with Gasteiger partial charge in [0, 0.05) is 29.5 Å². The number of carbonyl (C=O) groups is 3. The van der Waals surface area contributed by atoms with E-state index >= 15 is 0 Å². The van der Waals surface area contributed by atoms with Crippen LogP contribution in [0.2, 0.25) is 0 Å². The van der Waals surface area contributed by atoms with Crippen molar-refractivity contribution in [3.05, 3.63) is 82.9 Å². The van der Waals surface area contributed by atoms with Gasteiger partial charge < -0.3 is 14.5 Å². The Bertz CT molecular complexity index is 1520. The van der Waals surface area contributed by atoms with Gasteiger partial charge in [0.2, 0.25) is 5.89 Å². The summed E-state index contributed by atoms with van der Waals surface area (Å²) in [6, 6.07) is 17.7. The molecule has 2 aliphatic rings. The van der Waals surface area contributed by atoms with E-state index < -0.39 is 11.8 Å². The van der Waals surface area contributed by atoms with Crippen LogP contribution in [-0.2, 0) is 4.74 Å². The number of imide groups is 1. The minimum atomic E-state index is -0.396. The molecule has 0 aliphatic carbocycles. The van der Waals surface area contributed by atoms with Gasteiger partial charge >= 0.3 is 0 Å². The Morgan fingerprint density at radius 3 is 2.61 bits per heavy atom. The third-order valence-electron chi connectivity index (χ3n) is 6.59. The summed E-state index contributed by atoms with van der Waals surface area (Å²) >= 11 is 0. The lowest BCUT2D eigenvalue weighted by Crippen LogP contribution is -2.36. The molecule has 180 valence electrons. The molecule has 3 amide bonds. The van der Waals surface area contributed by atoms with Crippen LogP contribution in [0.5, 0.6) is 0 Å². The van der Waals surface area contributed by atoms with Crippen LogP contribution in [0.25, 0.3) is 22.6 Å². The van der Waals surface area contributed by atoms with Gasteiger partial charge in [0.15, 0.2) is 5.58 Å². The van der Waals surface area contributed by atoms with Crippen molar-refractivity contribution < 1.29 is 23.5 Å². The predicted molar refractivity (Wildman–Crippen MR) is 133 cm³/mol. The Kier molecular flexibility index (Phi) is 5.38. The Morgan fingerprint density at radius 1 is 1.03 bits per heavy atom. The first-order valence-corrected chi connectivity index (χ1v) is 11.9. The van der Waals surface area contributed by atoms with Gasteiger partial charge in [-0.3, -0.25) is 19.3 Å². The molecular weight excluding hydrogens is 458 g/mol. The second-order valence-corrected chi connectivity index (χ2v) is 9.14. The van der Waals surface area contributed by atoms with Gasteiger partial charge in [-0.25, -0.2) is 4.98 Å². The summed E-state index contributed by atoms with van der Waals surface area (Å²) in [7, 11) is 0. The van der Waals surface area contributed by atoms with E-state index in [0.29, 0.717) is 34.8 Å². The Labute approximate surface area is 206 Å². The zero-order valence-corrected chi connectivity index (χ0v) is 19.6. The summed E-state index contributed by atoms with van der Waals surface area (Å²) in [6.07, 6.45) is 1.61. The van der Waals surface area contributed by atoms with Crippen LogP contribution in [-0.4, -0.2) is 46.9 Å². The number of aromatic nitrogens is 1. The van der Waals surface area contributed by atoms with E-state index in [2.05, 4.69) is 10.3 Å².